The lowest BCUT2D eigenvalue weighted by Gasteiger charge is -2.44. The van der Waals surface area contributed by atoms with Crippen LogP contribution in [-0.2, 0) is 17.9 Å². The average Bonchev–Trinajstić information content (AvgIpc) is 3.26. The number of rotatable bonds is 4. The zero-order valence-corrected chi connectivity index (χ0v) is 17.8. The molecule has 31 heavy (non-hydrogen) atoms. The van der Waals surface area contributed by atoms with Crippen LogP contribution in [0.3, 0.4) is 0 Å². The lowest BCUT2D eigenvalue weighted by Crippen LogP contribution is -2.64. The fourth-order valence-corrected chi connectivity index (χ4v) is 4.96. The molecule has 0 spiro atoms. The molecule has 1 atom stereocenters. The lowest BCUT2D eigenvalue weighted by atomic mass is 9.93. The van der Waals surface area contributed by atoms with Crippen molar-refractivity contribution in [1.82, 2.24) is 19.8 Å². The number of carbonyl (C=O) groups is 2. The SMILES string of the molecule is C[C@@]1(C(=O)NC2CCCCCC2)Cn2c(cc3occc32)C(=O)N1Cc1cccnc1. The van der Waals surface area contributed by atoms with Crippen molar-refractivity contribution in [3.05, 3.63) is 54.2 Å². The molecule has 2 amide bonds. The molecule has 0 unspecified atom stereocenters. The third-order valence-electron chi connectivity index (χ3n) is 6.79. The van der Waals surface area contributed by atoms with Gasteiger partial charge in [0.15, 0.2) is 5.58 Å². The summed E-state index contributed by atoms with van der Waals surface area (Å²) in [5.74, 6) is -0.257. The molecule has 2 aliphatic rings. The van der Waals surface area contributed by atoms with Crippen LogP contribution in [0.2, 0.25) is 0 Å². The number of pyridine rings is 1. The van der Waals surface area contributed by atoms with Crippen molar-refractivity contribution in [2.45, 2.75) is 70.1 Å². The lowest BCUT2D eigenvalue weighted by molar-refractivity contribution is -0.134. The summed E-state index contributed by atoms with van der Waals surface area (Å²) >= 11 is 0. The van der Waals surface area contributed by atoms with Gasteiger partial charge in [-0.1, -0.05) is 31.7 Å². The maximum atomic E-state index is 13.7. The predicted molar refractivity (Wildman–Crippen MR) is 116 cm³/mol. The van der Waals surface area contributed by atoms with Gasteiger partial charge in [0, 0.05) is 37.1 Å². The van der Waals surface area contributed by atoms with E-state index in [0.29, 0.717) is 24.4 Å². The van der Waals surface area contributed by atoms with Gasteiger partial charge in [0.05, 0.1) is 18.3 Å². The molecule has 5 rings (SSSR count). The molecule has 0 radical (unpaired) electrons. The van der Waals surface area contributed by atoms with Crippen LogP contribution in [0.5, 0.6) is 0 Å². The number of nitrogens with zero attached hydrogens (tertiary/aromatic N) is 3. The molecular formula is C24H28N4O3. The number of fused-ring (bicyclic) bond motifs is 3. The standard InChI is InChI=1S/C24H28N4O3/c1-24(23(30)26-18-8-4-2-3-5-9-18)16-27-19-10-12-31-21(19)13-20(27)22(29)28(24)15-17-7-6-11-25-14-17/h6-7,10-14,18H,2-5,8-9,15-16H2,1H3,(H,26,30)/t24-/m0/s1. The maximum Gasteiger partial charge on any atom is 0.271 e. The summed E-state index contributed by atoms with van der Waals surface area (Å²) in [5, 5.41) is 3.29. The van der Waals surface area contributed by atoms with Crippen LogP contribution < -0.4 is 5.32 Å². The Bertz CT molecular complexity index is 1090. The molecular weight excluding hydrogens is 392 g/mol. The highest BCUT2D eigenvalue weighted by Crippen LogP contribution is 2.34. The van der Waals surface area contributed by atoms with Crippen molar-refractivity contribution in [3.8, 4) is 0 Å². The van der Waals surface area contributed by atoms with Crippen LogP contribution in [0, 0.1) is 0 Å². The normalized spacial score (nSPS) is 22.4. The summed E-state index contributed by atoms with van der Waals surface area (Å²) in [6.45, 7) is 2.59. The molecule has 1 aliphatic carbocycles. The Morgan fingerprint density at radius 1 is 1.26 bits per heavy atom. The molecule has 1 N–H and O–H groups in total. The van der Waals surface area contributed by atoms with Crippen LogP contribution in [0.15, 0.2) is 47.3 Å². The second kappa shape index (κ2) is 7.87. The van der Waals surface area contributed by atoms with E-state index in [1.165, 1.54) is 12.8 Å². The number of hydrogen-bond donors (Lipinski definition) is 1. The predicted octanol–water partition coefficient (Wildman–Crippen LogP) is 3.88. The van der Waals surface area contributed by atoms with E-state index in [2.05, 4.69) is 10.3 Å². The molecule has 7 nitrogen and oxygen atoms in total. The number of furan rings is 1. The zero-order valence-electron chi connectivity index (χ0n) is 17.8. The summed E-state index contributed by atoms with van der Waals surface area (Å²) < 4.78 is 7.46. The van der Waals surface area contributed by atoms with E-state index in [1.54, 1.807) is 29.6 Å². The van der Waals surface area contributed by atoms with Gasteiger partial charge in [-0.25, -0.2) is 0 Å². The van der Waals surface area contributed by atoms with E-state index >= 15 is 0 Å². The van der Waals surface area contributed by atoms with Crippen LogP contribution >= 0.6 is 0 Å². The van der Waals surface area contributed by atoms with Gasteiger partial charge in [-0.05, 0) is 31.4 Å². The first-order chi connectivity index (χ1) is 15.1. The molecule has 1 fully saturated rings. The monoisotopic (exact) mass is 420 g/mol. The Labute approximate surface area is 181 Å². The van der Waals surface area contributed by atoms with E-state index in [-0.39, 0.29) is 17.9 Å². The smallest absolute Gasteiger partial charge is 0.271 e. The number of aromatic nitrogens is 2. The molecule has 3 aromatic heterocycles. The number of carbonyl (C=O) groups excluding carboxylic acids is 2. The second-order valence-electron chi connectivity index (χ2n) is 8.97. The first-order valence-electron chi connectivity index (χ1n) is 11.1. The Kier molecular flexibility index (Phi) is 5.04. The van der Waals surface area contributed by atoms with Crippen LogP contribution in [0.25, 0.3) is 11.1 Å². The van der Waals surface area contributed by atoms with E-state index in [4.69, 9.17) is 4.42 Å². The Morgan fingerprint density at radius 2 is 2.06 bits per heavy atom. The first kappa shape index (κ1) is 19.8. The van der Waals surface area contributed by atoms with Gasteiger partial charge in [-0.2, -0.15) is 0 Å². The minimum Gasteiger partial charge on any atom is -0.463 e. The van der Waals surface area contributed by atoms with Crippen molar-refractivity contribution in [2.75, 3.05) is 0 Å². The van der Waals surface area contributed by atoms with Gasteiger partial charge >= 0.3 is 0 Å². The Hall–Kier alpha value is -3.09. The van der Waals surface area contributed by atoms with E-state index in [0.717, 1.165) is 36.8 Å². The Balaban J connectivity index is 1.51. The molecule has 1 saturated carbocycles. The minimum atomic E-state index is -1.02. The first-order valence-corrected chi connectivity index (χ1v) is 11.1. The summed E-state index contributed by atoms with van der Waals surface area (Å²) in [4.78, 5) is 33.2. The van der Waals surface area contributed by atoms with Crippen molar-refractivity contribution in [2.24, 2.45) is 0 Å². The largest absolute Gasteiger partial charge is 0.463 e. The third-order valence-corrected chi connectivity index (χ3v) is 6.79. The number of nitrogens with one attached hydrogen (secondary N) is 1. The van der Waals surface area contributed by atoms with Gasteiger partial charge in [0.2, 0.25) is 5.91 Å². The Morgan fingerprint density at radius 3 is 2.81 bits per heavy atom. The van der Waals surface area contributed by atoms with Crippen LogP contribution in [0.4, 0.5) is 0 Å². The molecule has 7 heteroatoms. The van der Waals surface area contributed by atoms with E-state index in [1.807, 2.05) is 29.7 Å². The van der Waals surface area contributed by atoms with Gasteiger partial charge in [-0.3, -0.25) is 14.6 Å². The van der Waals surface area contributed by atoms with Crippen molar-refractivity contribution in [3.63, 3.8) is 0 Å². The molecule has 4 heterocycles. The summed E-state index contributed by atoms with van der Waals surface area (Å²) in [5.41, 5.74) is 1.94. The maximum absolute atomic E-state index is 13.7. The minimum absolute atomic E-state index is 0.0902. The van der Waals surface area contributed by atoms with Crippen LogP contribution in [-0.4, -0.2) is 37.8 Å². The molecule has 0 aromatic carbocycles. The van der Waals surface area contributed by atoms with Gasteiger partial charge < -0.3 is 19.2 Å². The molecule has 0 saturated heterocycles. The topological polar surface area (TPSA) is 80.4 Å². The highest BCUT2D eigenvalue weighted by Gasteiger charge is 2.48. The average molecular weight is 421 g/mol. The van der Waals surface area contributed by atoms with Crippen LogP contribution in [0.1, 0.15) is 61.5 Å². The van der Waals surface area contributed by atoms with Crippen molar-refractivity contribution in [1.29, 1.82) is 0 Å². The third kappa shape index (κ3) is 3.52. The van der Waals surface area contributed by atoms with Gasteiger partial charge in [0.25, 0.3) is 5.91 Å². The molecule has 3 aromatic rings. The zero-order chi connectivity index (χ0) is 21.4. The van der Waals surface area contributed by atoms with Gasteiger partial charge in [-0.15, -0.1) is 0 Å². The molecule has 0 bridgehead atoms. The van der Waals surface area contributed by atoms with Crippen molar-refractivity contribution < 1.29 is 14.0 Å². The fraction of sp³-hybridized carbons (Fsp3) is 0.458. The second-order valence-corrected chi connectivity index (χ2v) is 8.97. The highest BCUT2D eigenvalue weighted by molar-refractivity contribution is 6.02. The van der Waals surface area contributed by atoms with Crippen molar-refractivity contribution >= 4 is 22.9 Å². The number of hydrogen-bond acceptors (Lipinski definition) is 4. The molecule has 1 aliphatic heterocycles. The summed E-state index contributed by atoms with van der Waals surface area (Å²) in [6, 6.07) is 7.58. The highest BCUT2D eigenvalue weighted by atomic mass is 16.3. The van der Waals surface area contributed by atoms with E-state index in [9.17, 15) is 9.59 Å². The summed E-state index contributed by atoms with van der Waals surface area (Å²) in [6.07, 6.45) is 11.8. The summed E-state index contributed by atoms with van der Waals surface area (Å²) in [7, 11) is 0. The number of amides is 2. The quantitative estimate of drug-likeness (QED) is 0.650. The van der Waals surface area contributed by atoms with E-state index < -0.39 is 5.54 Å². The van der Waals surface area contributed by atoms with Gasteiger partial charge in [0.1, 0.15) is 11.2 Å². The fourth-order valence-electron chi connectivity index (χ4n) is 4.96. The molecule has 162 valence electrons.